The number of amides is 2. The monoisotopic (exact) mass is 314 g/mol. The Morgan fingerprint density at radius 3 is 2.70 bits per heavy atom. The average molecular weight is 315 g/mol. The zero-order chi connectivity index (χ0) is 14.9. The van der Waals surface area contributed by atoms with Gasteiger partial charge in [-0.25, -0.2) is 4.79 Å². The van der Waals surface area contributed by atoms with Gasteiger partial charge in [-0.15, -0.1) is 0 Å². The van der Waals surface area contributed by atoms with Gasteiger partial charge in [0.15, 0.2) is 0 Å². The van der Waals surface area contributed by atoms with E-state index < -0.39 is 24.0 Å². The van der Waals surface area contributed by atoms with Crippen molar-refractivity contribution in [3.8, 4) is 0 Å². The van der Waals surface area contributed by atoms with Crippen LogP contribution >= 0.6 is 23.2 Å². The maximum absolute atomic E-state index is 11.9. The minimum atomic E-state index is -0.767. The highest BCUT2D eigenvalue weighted by molar-refractivity contribution is 6.35. The van der Waals surface area contributed by atoms with Crippen LogP contribution in [0.15, 0.2) is 30.5 Å². The van der Waals surface area contributed by atoms with Gasteiger partial charge < -0.3 is 15.4 Å². The Balaban J connectivity index is 2.45. The highest BCUT2D eigenvalue weighted by atomic mass is 35.5. The number of hydrogen-bond donors (Lipinski definition) is 2. The van der Waals surface area contributed by atoms with Crippen molar-refractivity contribution < 1.29 is 14.3 Å². The minimum absolute atomic E-state index is 0.261. The van der Waals surface area contributed by atoms with E-state index in [1.807, 2.05) is 0 Å². The number of methoxy groups -OCH3 is 1. The molecule has 1 fully saturated rings. The second-order valence-corrected chi connectivity index (χ2v) is 5.11. The summed E-state index contributed by atoms with van der Waals surface area (Å²) in [7, 11) is 1.27. The lowest BCUT2D eigenvalue weighted by molar-refractivity contribution is -0.145. The Labute approximate surface area is 125 Å². The maximum atomic E-state index is 11.9. The van der Waals surface area contributed by atoms with Crippen molar-refractivity contribution in [2.75, 3.05) is 7.11 Å². The van der Waals surface area contributed by atoms with Crippen molar-refractivity contribution in [1.82, 2.24) is 10.6 Å². The molecule has 5 nitrogen and oxygen atoms in total. The number of carbonyl (C=O) groups excluding carboxylic acids is 2. The fourth-order valence-corrected chi connectivity index (χ4v) is 2.63. The van der Waals surface area contributed by atoms with E-state index in [1.165, 1.54) is 7.11 Å². The summed E-state index contributed by atoms with van der Waals surface area (Å²) in [6.07, 6.45) is 0. The van der Waals surface area contributed by atoms with Crippen LogP contribution in [0.4, 0.5) is 4.79 Å². The number of urea groups is 1. The first-order valence-corrected chi connectivity index (χ1v) is 6.48. The summed E-state index contributed by atoms with van der Waals surface area (Å²) in [6, 6.07) is 3.72. The van der Waals surface area contributed by atoms with E-state index in [1.54, 1.807) is 18.2 Å². The molecule has 2 N–H and O–H groups in total. The molecule has 1 aliphatic heterocycles. The van der Waals surface area contributed by atoms with Crippen molar-refractivity contribution in [1.29, 1.82) is 0 Å². The molecular formula is C13H12Cl2N2O3. The zero-order valence-electron chi connectivity index (χ0n) is 10.6. The zero-order valence-corrected chi connectivity index (χ0v) is 12.1. The summed E-state index contributed by atoms with van der Waals surface area (Å²) < 4.78 is 4.75. The Bertz CT molecular complexity index is 589. The Morgan fingerprint density at radius 1 is 1.40 bits per heavy atom. The number of esters is 1. The third kappa shape index (κ3) is 2.73. The molecule has 2 unspecified atom stereocenters. The van der Waals surface area contributed by atoms with Crippen LogP contribution in [-0.4, -0.2) is 19.1 Å². The van der Waals surface area contributed by atoms with Gasteiger partial charge in [0.05, 0.1) is 13.2 Å². The quantitative estimate of drug-likeness (QED) is 0.825. The smallest absolute Gasteiger partial charge is 0.319 e. The fraction of sp³-hybridized carbons (Fsp3) is 0.231. The molecule has 1 aromatic rings. The van der Waals surface area contributed by atoms with Gasteiger partial charge in [-0.05, 0) is 17.7 Å². The van der Waals surface area contributed by atoms with E-state index in [0.717, 1.165) is 0 Å². The maximum Gasteiger partial charge on any atom is 0.319 e. The normalized spacial score (nSPS) is 21.9. The predicted octanol–water partition coefficient (Wildman–Crippen LogP) is 2.65. The summed E-state index contributed by atoms with van der Waals surface area (Å²) in [4.78, 5) is 23.5. The molecule has 20 heavy (non-hydrogen) atoms. The first-order valence-electron chi connectivity index (χ1n) is 5.73. The molecule has 1 saturated heterocycles. The lowest BCUT2D eigenvalue weighted by atomic mass is 9.89. The second kappa shape index (κ2) is 5.73. The summed E-state index contributed by atoms with van der Waals surface area (Å²) in [5.41, 5.74) is 0.832. The van der Waals surface area contributed by atoms with E-state index in [9.17, 15) is 9.59 Å². The molecule has 106 valence electrons. The standard InChI is InChI=1S/C13H12Cl2N2O3/c1-6-10(12(18)20-2)11(17-13(19)16-6)8-4-3-7(14)5-9(8)15/h3-5,10-11H,1H2,2H3,(H2,16,17,19). The third-order valence-electron chi connectivity index (χ3n) is 3.02. The van der Waals surface area contributed by atoms with Gasteiger partial charge in [-0.2, -0.15) is 0 Å². The summed E-state index contributed by atoms with van der Waals surface area (Å²) in [6.45, 7) is 3.70. The number of carbonyl (C=O) groups is 2. The van der Waals surface area contributed by atoms with Crippen molar-refractivity contribution in [3.63, 3.8) is 0 Å². The van der Waals surface area contributed by atoms with Gasteiger partial charge in [0.1, 0.15) is 5.92 Å². The van der Waals surface area contributed by atoms with Crippen LogP contribution in [0.1, 0.15) is 11.6 Å². The molecule has 0 spiro atoms. The van der Waals surface area contributed by atoms with Gasteiger partial charge in [0, 0.05) is 15.7 Å². The van der Waals surface area contributed by atoms with Crippen molar-refractivity contribution in [3.05, 3.63) is 46.1 Å². The average Bonchev–Trinajstić information content (AvgIpc) is 2.37. The number of halogens is 2. The molecule has 2 rings (SSSR count). The summed E-state index contributed by atoms with van der Waals surface area (Å²) in [5.74, 6) is -1.28. The summed E-state index contributed by atoms with van der Waals surface area (Å²) in [5, 5.41) is 5.93. The lowest BCUT2D eigenvalue weighted by Crippen LogP contribution is -2.51. The molecule has 2 atom stereocenters. The third-order valence-corrected chi connectivity index (χ3v) is 3.58. The Hall–Kier alpha value is -1.72. The van der Waals surface area contributed by atoms with Crippen LogP contribution < -0.4 is 10.6 Å². The van der Waals surface area contributed by atoms with Crippen LogP contribution in [-0.2, 0) is 9.53 Å². The van der Waals surface area contributed by atoms with Gasteiger partial charge in [0.25, 0.3) is 0 Å². The molecule has 1 aliphatic rings. The van der Waals surface area contributed by atoms with Crippen LogP contribution in [0.25, 0.3) is 0 Å². The van der Waals surface area contributed by atoms with Gasteiger partial charge in [0.2, 0.25) is 0 Å². The van der Waals surface area contributed by atoms with E-state index in [0.29, 0.717) is 15.6 Å². The number of rotatable bonds is 2. The fourth-order valence-electron chi connectivity index (χ4n) is 2.10. The molecular weight excluding hydrogens is 303 g/mol. The SMILES string of the molecule is C=C1NC(=O)NC(c2ccc(Cl)cc2Cl)C1C(=O)OC. The van der Waals surface area contributed by atoms with Crippen LogP contribution in [0.3, 0.4) is 0 Å². The first kappa shape index (κ1) is 14.7. The molecule has 1 aromatic carbocycles. The molecule has 1 heterocycles. The Kier molecular flexibility index (Phi) is 4.20. The van der Waals surface area contributed by atoms with E-state index in [-0.39, 0.29) is 5.70 Å². The number of nitrogens with one attached hydrogen (secondary N) is 2. The molecule has 0 saturated carbocycles. The van der Waals surface area contributed by atoms with Crippen molar-refractivity contribution >= 4 is 35.2 Å². The molecule has 7 heteroatoms. The van der Waals surface area contributed by atoms with Gasteiger partial charge in [-0.3, -0.25) is 4.79 Å². The minimum Gasteiger partial charge on any atom is -0.468 e. The van der Waals surface area contributed by atoms with Crippen molar-refractivity contribution in [2.24, 2.45) is 5.92 Å². The summed E-state index contributed by atoms with van der Waals surface area (Å²) >= 11 is 12.0. The van der Waals surface area contributed by atoms with E-state index in [4.69, 9.17) is 27.9 Å². The van der Waals surface area contributed by atoms with Crippen LogP contribution in [0.5, 0.6) is 0 Å². The highest BCUT2D eigenvalue weighted by Crippen LogP contribution is 2.35. The molecule has 0 aromatic heterocycles. The largest absolute Gasteiger partial charge is 0.468 e. The van der Waals surface area contributed by atoms with E-state index in [2.05, 4.69) is 17.2 Å². The number of ether oxygens (including phenoxy) is 1. The lowest BCUT2D eigenvalue weighted by Gasteiger charge is -2.33. The number of hydrogen-bond acceptors (Lipinski definition) is 3. The molecule has 0 aliphatic carbocycles. The van der Waals surface area contributed by atoms with Gasteiger partial charge >= 0.3 is 12.0 Å². The van der Waals surface area contributed by atoms with Crippen LogP contribution in [0, 0.1) is 5.92 Å². The predicted molar refractivity (Wildman–Crippen MR) is 75.5 cm³/mol. The van der Waals surface area contributed by atoms with Gasteiger partial charge in [-0.1, -0.05) is 35.8 Å². The topological polar surface area (TPSA) is 67.4 Å². The second-order valence-electron chi connectivity index (χ2n) is 4.27. The molecule has 0 bridgehead atoms. The van der Waals surface area contributed by atoms with Crippen molar-refractivity contribution in [2.45, 2.75) is 6.04 Å². The highest BCUT2D eigenvalue weighted by Gasteiger charge is 2.39. The van der Waals surface area contributed by atoms with Crippen LogP contribution in [0.2, 0.25) is 10.0 Å². The molecule has 2 amide bonds. The number of benzene rings is 1. The Morgan fingerprint density at radius 2 is 2.10 bits per heavy atom. The first-order chi connectivity index (χ1) is 9.43. The molecule has 0 radical (unpaired) electrons. The van der Waals surface area contributed by atoms with E-state index >= 15 is 0 Å².